The minimum Gasteiger partial charge on any atom is -0.331 e. The van der Waals surface area contributed by atoms with Crippen molar-refractivity contribution in [2.45, 2.75) is 24.2 Å². The van der Waals surface area contributed by atoms with Gasteiger partial charge in [0.05, 0.1) is 25.2 Å². The number of hydrogen-bond acceptors (Lipinski definition) is 3. The fourth-order valence-corrected chi connectivity index (χ4v) is 5.90. The molecule has 12 heteroatoms. The van der Waals surface area contributed by atoms with E-state index in [1.54, 1.807) is 0 Å². The molecule has 2 aliphatic rings. The number of benzene rings is 2. The van der Waals surface area contributed by atoms with Gasteiger partial charge in [0.1, 0.15) is 17.5 Å². The van der Waals surface area contributed by atoms with Crippen LogP contribution in [0.1, 0.15) is 5.56 Å². The Morgan fingerprint density at radius 3 is 2.41 bits per heavy atom. The Balaban J connectivity index is 1.75. The highest BCUT2D eigenvalue weighted by Crippen LogP contribution is 2.38. The van der Waals surface area contributed by atoms with Gasteiger partial charge >= 0.3 is 6.03 Å². The molecule has 2 amide bonds. The van der Waals surface area contributed by atoms with Crippen LogP contribution in [0, 0.1) is 17.5 Å². The first-order chi connectivity index (χ1) is 15.8. The van der Waals surface area contributed by atoms with Gasteiger partial charge < -0.3 is 9.80 Å². The average molecular weight is 501 g/mol. The molecule has 184 valence electrons. The van der Waals surface area contributed by atoms with E-state index in [2.05, 4.69) is 4.72 Å². The zero-order valence-corrected chi connectivity index (χ0v) is 19.5. The number of halogens is 4. The van der Waals surface area contributed by atoms with Gasteiger partial charge in [0.15, 0.2) is 5.67 Å². The van der Waals surface area contributed by atoms with E-state index in [1.807, 2.05) is 0 Å². The fourth-order valence-electron chi connectivity index (χ4n) is 4.65. The molecule has 2 aromatic carbocycles. The minimum atomic E-state index is -4.00. The van der Waals surface area contributed by atoms with Gasteiger partial charge in [0.25, 0.3) is 10.2 Å². The van der Waals surface area contributed by atoms with E-state index in [0.29, 0.717) is 6.07 Å². The number of nitrogens with zero attached hydrogens (tertiary/aromatic N) is 3. The number of amides is 2. The van der Waals surface area contributed by atoms with Crippen molar-refractivity contribution in [3.8, 4) is 11.1 Å². The average Bonchev–Trinajstić information content (AvgIpc) is 2.99. The van der Waals surface area contributed by atoms with E-state index < -0.39 is 58.0 Å². The third-order valence-corrected chi connectivity index (χ3v) is 7.76. The van der Waals surface area contributed by atoms with Gasteiger partial charge in [-0.1, -0.05) is 18.2 Å². The summed E-state index contributed by atoms with van der Waals surface area (Å²) in [6.07, 6.45) is -0.223. The maximum absolute atomic E-state index is 16.0. The number of nitrogens with one attached hydrogen (secondary N) is 1. The van der Waals surface area contributed by atoms with Crippen LogP contribution >= 0.6 is 0 Å². The lowest BCUT2D eigenvalue weighted by molar-refractivity contribution is 0.106. The number of likely N-dealkylation sites (tertiary alicyclic amines) is 1. The van der Waals surface area contributed by atoms with Crippen LogP contribution < -0.4 is 4.72 Å². The Bertz CT molecular complexity index is 1220. The number of urea groups is 1. The lowest BCUT2D eigenvalue weighted by Crippen LogP contribution is -2.65. The van der Waals surface area contributed by atoms with Crippen LogP contribution in [-0.4, -0.2) is 80.5 Å². The highest BCUT2D eigenvalue weighted by molar-refractivity contribution is 7.87. The Morgan fingerprint density at radius 1 is 1.15 bits per heavy atom. The highest BCUT2D eigenvalue weighted by atomic mass is 32.2. The van der Waals surface area contributed by atoms with Crippen molar-refractivity contribution in [2.24, 2.45) is 0 Å². The van der Waals surface area contributed by atoms with Crippen LogP contribution in [0.15, 0.2) is 36.4 Å². The van der Waals surface area contributed by atoms with Crippen LogP contribution in [0.25, 0.3) is 11.1 Å². The van der Waals surface area contributed by atoms with Crippen LogP contribution in [0.5, 0.6) is 0 Å². The number of rotatable bonds is 3. The molecule has 0 spiro atoms. The van der Waals surface area contributed by atoms with E-state index in [9.17, 15) is 22.0 Å². The van der Waals surface area contributed by atoms with E-state index in [-0.39, 0.29) is 29.7 Å². The Morgan fingerprint density at radius 2 is 1.79 bits per heavy atom. The number of alkyl halides is 1. The van der Waals surface area contributed by atoms with Gasteiger partial charge in [-0.25, -0.2) is 22.4 Å². The monoisotopic (exact) mass is 500 g/mol. The van der Waals surface area contributed by atoms with Crippen molar-refractivity contribution in [2.75, 3.05) is 34.2 Å². The molecule has 1 N–H and O–H groups in total. The second-order valence-corrected chi connectivity index (χ2v) is 10.7. The lowest BCUT2D eigenvalue weighted by Gasteiger charge is -2.38. The molecule has 4 rings (SSSR count). The lowest BCUT2D eigenvalue weighted by atomic mass is 9.91. The van der Waals surface area contributed by atoms with Crippen LogP contribution in [0.2, 0.25) is 0 Å². The van der Waals surface area contributed by atoms with E-state index >= 15 is 8.78 Å². The number of fused-ring (bicyclic) bond motifs is 1. The van der Waals surface area contributed by atoms with Crippen molar-refractivity contribution in [1.82, 2.24) is 18.8 Å². The second-order valence-electron chi connectivity index (χ2n) is 8.90. The molecule has 2 fully saturated rings. The van der Waals surface area contributed by atoms with Crippen molar-refractivity contribution < 1.29 is 30.8 Å². The topological polar surface area (TPSA) is 73.0 Å². The molecule has 2 saturated heterocycles. The van der Waals surface area contributed by atoms with Crippen molar-refractivity contribution in [3.05, 3.63) is 59.4 Å². The molecule has 0 aromatic heterocycles. The van der Waals surface area contributed by atoms with E-state index in [0.717, 1.165) is 16.4 Å². The first kappa shape index (κ1) is 24.4. The summed E-state index contributed by atoms with van der Waals surface area (Å²) < 4.78 is 86.9. The Kier molecular flexibility index (Phi) is 6.11. The summed E-state index contributed by atoms with van der Waals surface area (Å²) in [6, 6.07) is 3.97. The van der Waals surface area contributed by atoms with E-state index in [1.165, 1.54) is 49.1 Å². The maximum Gasteiger partial charge on any atom is 0.319 e. The third-order valence-electron chi connectivity index (χ3n) is 6.26. The zero-order valence-electron chi connectivity index (χ0n) is 18.7. The Hall–Kier alpha value is -2.70. The second kappa shape index (κ2) is 8.51. The zero-order chi connectivity index (χ0) is 25.0. The summed E-state index contributed by atoms with van der Waals surface area (Å²) in [5.74, 6) is -2.54. The largest absolute Gasteiger partial charge is 0.331 e. The summed E-state index contributed by atoms with van der Waals surface area (Å²) in [4.78, 5) is 15.3. The smallest absolute Gasteiger partial charge is 0.319 e. The minimum absolute atomic E-state index is 0.0238. The van der Waals surface area contributed by atoms with Gasteiger partial charge in [-0.2, -0.15) is 17.4 Å². The molecule has 1 unspecified atom stereocenters. The maximum atomic E-state index is 16.0. The normalized spacial score (nSPS) is 26.4. The molecule has 2 aromatic rings. The van der Waals surface area contributed by atoms with Gasteiger partial charge in [0, 0.05) is 32.8 Å². The van der Waals surface area contributed by atoms with Gasteiger partial charge in [-0.3, -0.25) is 0 Å². The molecule has 2 heterocycles. The molecule has 34 heavy (non-hydrogen) atoms. The highest BCUT2D eigenvalue weighted by Gasteiger charge is 2.60. The third kappa shape index (κ3) is 4.25. The summed E-state index contributed by atoms with van der Waals surface area (Å²) >= 11 is 0. The molecule has 7 nitrogen and oxygen atoms in total. The van der Waals surface area contributed by atoms with E-state index in [4.69, 9.17) is 0 Å². The molecule has 0 bridgehead atoms. The number of hydrogen-bond donors (Lipinski definition) is 1. The standard InChI is InChI=1S/C22H24F4N4O3S/c1-28(2)21(31)30-12-22(26)11-29(3)34(32,33)27-20(22)18(30)9-13-5-4-6-17(19(13)25)14-7-15(23)10-16(24)8-14/h4-8,10,18,20,27H,9,11-12H2,1-3H3/t18-,20+,22?/m0/s1. The summed E-state index contributed by atoms with van der Waals surface area (Å²) in [5, 5.41) is 0. The molecule has 0 radical (unpaired) electrons. The van der Waals surface area contributed by atoms with Crippen molar-refractivity contribution in [3.63, 3.8) is 0 Å². The van der Waals surface area contributed by atoms with Gasteiger partial charge in [0.2, 0.25) is 0 Å². The molecule has 0 aliphatic carbocycles. The summed E-state index contributed by atoms with van der Waals surface area (Å²) in [6.45, 7) is -0.853. The van der Waals surface area contributed by atoms with Crippen LogP contribution in [-0.2, 0) is 16.6 Å². The van der Waals surface area contributed by atoms with Crippen molar-refractivity contribution in [1.29, 1.82) is 0 Å². The first-order valence-corrected chi connectivity index (χ1v) is 11.9. The molecule has 2 aliphatic heterocycles. The molecular weight excluding hydrogens is 476 g/mol. The van der Waals surface area contributed by atoms with Crippen LogP contribution in [0.3, 0.4) is 0 Å². The summed E-state index contributed by atoms with van der Waals surface area (Å²) in [7, 11) is 0.173. The molecule has 3 atom stereocenters. The van der Waals surface area contributed by atoms with Gasteiger partial charge in [-0.15, -0.1) is 0 Å². The quantitative estimate of drug-likeness (QED) is 0.659. The SMILES string of the molecule is CN(C)C(=O)N1CC2(F)CN(C)S(=O)(=O)N[C@@H]2[C@@H]1Cc1cccc(-c2cc(F)cc(F)c2)c1F. The van der Waals surface area contributed by atoms with Crippen LogP contribution in [0.4, 0.5) is 22.4 Å². The number of carbonyl (C=O) groups is 1. The van der Waals surface area contributed by atoms with Crippen molar-refractivity contribution >= 4 is 16.2 Å². The van der Waals surface area contributed by atoms with Gasteiger partial charge in [-0.05, 0) is 29.7 Å². The Labute approximate surface area is 195 Å². The predicted molar refractivity (Wildman–Crippen MR) is 117 cm³/mol. The first-order valence-electron chi connectivity index (χ1n) is 10.5. The predicted octanol–water partition coefficient (Wildman–Crippen LogP) is 2.54. The molecule has 0 saturated carbocycles. The molecular formula is C22H24F4N4O3S. The fraction of sp³-hybridized carbons (Fsp3) is 0.409. The summed E-state index contributed by atoms with van der Waals surface area (Å²) in [5.41, 5.74) is -2.15. The number of carbonyl (C=O) groups excluding carboxylic acids is 1.